The van der Waals surface area contributed by atoms with E-state index in [-0.39, 0.29) is 5.56 Å². The molecule has 34 heavy (non-hydrogen) atoms. The van der Waals surface area contributed by atoms with E-state index >= 15 is 0 Å². The van der Waals surface area contributed by atoms with Gasteiger partial charge >= 0.3 is 5.97 Å². The number of carbonyl (C=O) groups excluding carboxylic acids is 1. The highest BCUT2D eigenvalue weighted by Gasteiger charge is 2.33. The lowest BCUT2D eigenvalue weighted by Gasteiger charge is -2.26. The van der Waals surface area contributed by atoms with Crippen molar-refractivity contribution in [3.63, 3.8) is 0 Å². The van der Waals surface area contributed by atoms with Gasteiger partial charge < -0.3 is 9.64 Å². The van der Waals surface area contributed by atoms with E-state index in [4.69, 9.17) is 4.74 Å². The second kappa shape index (κ2) is 9.80. The molecule has 0 aliphatic carbocycles. The van der Waals surface area contributed by atoms with Crippen LogP contribution >= 0.6 is 11.3 Å². The molecule has 2 aromatic heterocycles. The third-order valence-corrected chi connectivity index (χ3v) is 7.02. The maximum atomic E-state index is 13.6. The fraction of sp³-hybridized carbons (Fsp3) is 0.360. The Labute approximate surface area is 202 Å². The Balaban J connectivity index is 1.89. The maximum absolute atomic E-state index is 13.6. The molecule has 0 bridgehead atoms. The zero-order valence-electron chi connectivity index (χ0n) is 20.1. The predicted molar refractivity (Wildman–Crippen MR) is 134 cm³/mol. The van der Waals surface area contributed by atoms with Crippen LogP contribution in [0.25, 0.3) is 6.08 Å². The molecule has 0 fully saturated rings. The maximum Gasteiger partial charge on any atom is 0.338 e. The van der Waals surface area contributed by atoms with E-state index in [9.17, 15) is 9.59 Å². The number of thiazole rings is 1. The number of methoxy groups -OCH3 is 1. The van der Waals surface area contributed by atoms with Crippen molar-refractivity contribution in [3.8, 4) is 0 Å². The lowest BCUT2D eigenvalue weighted by atomic mass is 9.95. The third kappa shape index (κ3) is 4.23. The van der Waals surface area contributed by atoms with Crippen LogP contribution in [0.2, 0.25) is 0 Å². The minimum Gasteiger partial charge on any atom is -0.466 e. The normalized spacial score (nSPS) is 15.8. The third-order valence-electron chi connectivity index (χ3n) is 6.04. The van der Waals surface area contributed by atoms with Crippen molar-refractivity contribution in [2.75, 3.05) is 25.1 Å². The van der Waals surface area contributed by atoms with Crippen LogP contribution in [-0.2, 0) is 16.1 Å². The van der Waals surface area contributed by atoms with Crippen LogP contribution in [0.3, 0.4) is 0 Å². The van der Waals surface area contributed by atoms with Crippen LogP contribution in [0.5, 0.6) is 0 Å². The molecule has 0 unspecified atom stereocenters. The standard InChI is InChI=1S/C25H29N5O3S/c1-6-28(7-2)19-11-9-18(10-12-19)22-21(24(32)33-5)16(4)27-25-30(22)23(31)20(34-25)13-17-14-26-29(8-3)15-17/h9-15,22H,6-8H2,1-5H3/b20-13+/t22-/m1/s1. The van der Waals surface area contributed by atoms with Crippen LogP contribution in [0, 0.1) is 0 Å². The van der Waals surface area contributed by atoms with Crippen LogP contribution in [0.4, 0.5) is 5.69 Å². The summed E-state index contributed by atoms with van der Waals surface area (Å²) >= 11 is 1.31. The SMILES string of the molecule is CCN(CC)c1ccc([C@@H]2C(C(=O)OC)=C(C)N=c3s/c(=C/c4cnn(CC)c4)c(=O)n32)cc1. The first-order valence-electron chi connectivity index (χ1n) is 11.4. The quantitative estimate of drug-likeness (QED) is 0.487. The van der Waals surface area contributed by atoms with E-state index in [0.29, 0.717) is 20.6 Å². The van der Waals surface area contributed by atoms with E-state index in [0.717, 1.165) is 36.4 Å². The highest BCUT2D eigenvalue weighted by Crippen LogP contribution is 2.31. The number of aromatic nitrogens is 3. The van der Waals surface area contributed by atoms with E-state index in [1.165, 1.54) is 18.4 Å². The highest BCUT2D eigenvalue weighted by molar-refractivity contribution is 7.07. The molecular weight excluding hydrogens is 450 g/mol. The average Bonchev–Trinajstić information content (AvgIpc) is 3.43. The lowest BCUT2D eigenvalue weighted by molar-refractivity contribution is -0.136. The van der Waals surface area contributed by atoms with E-state index in [1.54, 1.807) is 17.7 Å². The molecule has 0 saturated carbocycles. The zero-order chi connectivity index (χ0) is 24.4. The number of hydrogen-bond donors (Lipinski definition) is 0. The number of esters is 1. The van der Waals surface area contributed by atoms with Gasteiger partial charge in [-0.05, 0) is 51.5 Å². The van der Waals surface area contributed by atoms with Gasteiger partial charge in [-0.2, -0.15) is 5.10 Å². The van der Waals surface area contributed by atoms with E-state index < -0.39 is 12.0 Å². The summed E-state index contributed by atoms with van der Waals surface area (Å²) < 4.78 is 9.04. The van der Waals surface area contributed by atoms with Gasteiger partial charge in [-0.3, -0.25) is 14.0 Å². The van der Waals surface area contributed by atoms with E-state index in [2.05, 4.69) is 28.8 Å². The van der Waals surface area contributed by atoms with Crippen molar-refractivity contribution < 1.29 is 9.53 Å². The molecule has 9 heteroatoms. The summed E-state index contributed by atoms with van der Waals surface area (Å²) in [6.45, 7) is 10.6. The number of anilines is 1. The van der Waals surface area contributed by atoms with Crippen LogP contribution in [0.15, 0.2) is 57.7 Å². The summed E-state index contributed by atoms with van der Waals surface area (Å²) in [6, 6.07) is 7.39. The van der Waals surface area contributed by atoms with Crippen molar-refractivity contribution in [3.05, 3.63) is 78.7 Å². The number of fused-ring (bicyclic) bond motifs is 1. The largest absolute Gasteiger partial charge is 0.466 e. The Morgan fingerprint density at radius 1 is 1.21 bits per heavy atom. The first-order valence-corrected chi connectivity index (χ1v) is 12.2. The minimum absolute atomic E-state index is 0.195. The molecule has 1 aliphatic rings. The first-order chi connectivity index (χ1) is 16.4. The molecule has 8 nitrogen and oxygen atoms in total. The molecule has 0 amide bonds. The molecular formula is C25H29N5O3S. The van der Waals surface area contributed by atoms with Crippen LogP contribution in [-0.4, -0.2) is 40.5 Å². The number of allylic oxidation sites excluding steroid dienone is 1. The Morgan fingerprint density at radius 3 is 2.50 bits per heavy atom. The highest BCUT2D eigenvalue weighted by atomic mass is 32.1. The number of rotatable bonds is 7. The van der Waals surface area contributed by atoms with Crippen molar-refractivity contribution in [1.82, 2.24) is 14.3 Å². The smallest absolute Gasteiger partial charge is 0.338 e. The van der Waals surface area contributed by atoms with Gasteiger partial charge in [-0.1, -0.05) is 23.5 Å². The summed E-state index contributed by atoms with van der Waals surface area (Å²) in [6.07, 6.45) is 5.45. The fourth-order valence-corrected chi connectivity index (χ4v) is 5.29. The van der Waals surface area contributed by atoms with Gasteiger partial charge in [0.05, 0.1) is 35.2 Å². The van der Waals surface area contributed by atoms with Gasteiger partial charge in [0.25, 0.3) is 5.56 Å². The summed E-state index contributed by atoms with van der Waals surface area (Å²) in [5.74, 6) is -0.488. The number of benzene rings is 1. The number of aryl methyl sites for hydroxylation is 1. The Kier molecular flexibility index (Phi) is 6.83. The van der Waals surface area contributed by atoms with Gasteiger partial charge in [-0.25, -0.2) is 9.79 Å². The fourth-order valence-electron chi connectivity index (χ4n) is 4.24. The van der Waals surface area contributed by atoms with Gasteiger partial charge in [0.2, 0.25) is 0 Å². The Hall–Kier alpha value is -3.46. The summed E-state index contributed by atoms with van der Waals surface area (Å²) in [5, 5.41) is 4.28. The Morgan fingerprint density at radius 2 is 1.91 bits per heavy atom. The minimum atomic E-state index is -0.616. The second-order valence-corrected chi connectivity index (χ2v) is 8.98. The summed E-state index contributed by atoms with van der Waals surface area (Å²) in [4.78, 5) is 33.8. The molecule has 1 aliphatic heterocycles. The number of carbonyl (C=O) groups is 1. The molecule has 3 heterocycles. The number of ether oxygens (including phenoxy) is 1. The molecule has 0 N–H and O–H groups in total. The van der Waals surface area contributed by atoms with Gasteiger partial charge in [-0.15, -0.1) is 0 Å². The van der Waals surface area contributed by atoms with Gasteiger partial charge in [0.15, 0.2) is 4.80 Å². The van der Waals surface area contributed by atoms with Crippen molar-refractivity contribution in [1.29, 1.82) is 0 Å². The van der Waals surface area contributed by atoms with Gasteiger partial charge in [0.1, 0.15) is 0 Å². The van der Waals surface area contributed by atoms with Crippen molar-refractivity contribution >= 4 is 29.1 Å². The molecule has 0 saturated heterocycles. The molecule has 3 aromatic rings. The van der Waals surface area contributed by atoms with Crippen LogP contribution < -0.4 is 19.8 Å². The number of hydrogen-bond acceptors (Lipinski definition) is 7. The first kappa shape index (κ1) is 23.7. The molecule has 0 spiro atoms. The number of nitrogens with zero attached hydrogens (tertiary/aromatic N) is 5. The predicted octanol–water partition coefficient (Wildman–Crippen LogP) is 2.47. The van der Waals surface area contributed by atoms with Crippen molar-refractivity contribution in [2.45, 2.75) is 40.3 Å². The summed E-state index contributed by atoms with van der Waals surface area (Å²) in [7, 11) is 1.35. The lowest BCUT2D eigenvalue weighted by Crippen LogP contribution is -2.39. The molecule has 1 atom stereocenters. The van der Waals surface area contributed by atoms with E-state index in [1.807, 2.05) is 48.1 Å². The molecule has 178 valence electrons. The van der Waals surface area contributed by atoms with Crippen molar-refractivity contribution in [2.24, 2.45) is 4.99 Å². The Bertz CT molecular complexity index is 1410. The van der Waals surface area contributed by atoms with Gasteiger partial charge in [0, 0.05) is 37.1 Å². The topological polar surface area (TPSA) is 81.7 Å². The zero-order valence-corrected chi connectivity index (χ0v) is 20.9. The second-order valence-electron chi connectivity index (χ2n) is 7.97. The molecule has 1 aromatic carbocycles. The van der Waals surface area contributed by atoms with Crippen LogP contribution in [0.1, 0.15) is 44.9 Å². The monoisotopic (exact) mass is 479 g/mol. The molecule has 4 rings (SSSR count). The summed E-state index contributed by atoms with van der Waals surface area (Å²) in [5.41, 5.74) is 3.49. The average molecular weight is 480 g/mol. The molecule has 0 radical (unpaired) electrons.